The van der Waals surface area contributed by atoms with E-state index in [4.69, 9.17) is 11.6 Å². The van der Waals surface area contributed by atoms with Crippen LogP contribution >= 0.6 is 23.4 Å². The molecule has 3 nitrogen and oxygen atoms in total. The maximum Gasteiger partial charge on any atom is 0.255 e. The first-order valence-electron chi connectivity index (χ1n) is 6.65. The second kappa shape index (κ2) is 7.72. The second-order valence-electron chi connectivity index (χ2n) is 4.84. The molecule has 2 aromatic rings. The summed E-state index contributed by atoms with van der Waals surface area (Å²) < 4.78 is 39.2. The number of benzene rings is 2. The van der Waals surface area contributed by atoms with Crippen molar-refractivity contribution in [3.8, 4) is 0 Å². The average Bonchev–Trinajstić information content (AvgIpc) is 2.51. The van der Waals surface area contributed by atoms with Crippen LogP contribution in [-0.2, 0) is 4.79 Å². The molecule has 0 radical (unpaired) electrons. The maximum absolute atomic E-state index is 13.2. The van der Waals surface area contributed by atoms with Crippen LogP contribution < -0.4 is 5.32 Å². The van der Waals surface area contributed by atoms with Gasteiger partial charge in [-0.1, -0.05) is 11.6 Å². The minimum absolute atomic E-state index is 0.0526. The van der Waals surface area contributed by atoms with Gasteiger partial charge >= 0.3 is 0 Å². The fraction of sp³-hybridized carbons (Fsp3) is 0.125. The number of ketones is 1. The number of anilines is 1. The normalized spacial score (nSPS) is 10.5. The molecule has 126 valence electrons. The Morgan fingerprint density at radius 3 is 2.33 bits per heavy atom. The topological polar surface area (TPSA) is 46.2 Å². The van der Waals surface area contributed by atoms with Crippen molar-refractivity contribution in [2.75, 3.05) is 11.1 Å². The lowest BCUT2D eigenvalue weighted by Crippen LogP contribution is -2.13. The van der Waals surface area contributed by atoms with E-state index in [2.05, 4.69) is 5.32 Å². The lowest BCUT2D eigenvalue weighted by atomic mass is 10.2. The minimum atomic E-state index is -1.61. The monoisotopic (exact) mass is 373 g/mol. The first kappa shape index (κ1) is 18.4. The number of amides is 1. The molecule has 0 unspecified atom stereocenters. The van der Waals surface area contributed by atoms with Gasteiger partial charge in [0.15, 0.2) is 17.5 Å². The molecule has 0 heterocycles. The molecule has 1 amide bonds. The highest BCUT2D eigenvalue weighted by molar-refractivity contribution is 8.00. The van der Waals surface area contributed by atoms with Crippen LogP contribution in [0.2, 0.25) is 5.02 Å². The van der Waals surface area contributed by atoms with Crippen LogP contribution in [0, 0.1) is 17.5 Å². The third kappa shape index (κ3) is 4.52. The first-order valence-corrected chi connectivity index (χ1v) is 8.02. The quantitative estimate of drug-likeness (QED) is 0.611. The summed E-state index contributed by atoms with van der Waals surface area (Å²) >= 11 is 7.17. The predicted molar refractivity (Wildman–Crippen MR) is 87.1 cm³/mol. The van der Waals surface area contributed by atoms with Gasteiger partial charge in [0.05, 0.1) is 10.8 Å². The van der Waals surface area contributed by atoms with Gasteiger partial charge in [-0.3, -0.25) is 9.59 Å². The van der Waals surface area contributed by atoms with Crippen molar-refractivity contribution in [1.82, 2.24) is 0 Å². The zero-order valence-electron chi connectivity index (χ0n) is 12.3. The third-order valence-corrected chi connectivity index (χ3v) is 4.51. The average molecular weight is 374 g/mol. The highest BCUT2D eigenvalue weighted by Crippen LogP contribution is 2.28. The van der Waals surface area contributed by atoms with Crippen molar-refractivity contribution >= 4 is 40.7 Å². The van der Waals surface area contributed by atoms with E-state index < -0.39 is 23.4 Å². The van der Waals surface area contributed by atoms with Gasteiger partial charge in [0.25, 0.3) is 5.91 Å². The van der Waals surface area contributed by atoms with Gasteiger partial charge in [0.2, 0.25) is 0 Å². The molecule has 0 atom stereocenters. The van der Waals surface area contributed by atoms with E-state index >= 15 is 0 Å². The van der Waals surface area contributed by atoms with Gasteiger partial charge in [0.1, 0.15) is 5.78 Å². The Morgan fingerprint density at radius 1 is 1.12 bits per heavy atom. The Labute approximate surface area is 145 Å². The predicted octanol–water partition coefficient (Wildman–Crippen LogP) is 4.69. The van der Waals surface area contributed by atoms with Crippen LogP contribution in [0.25, 0.3) is 0 Å². The van der Waals surface area contributed by atoms with Gasteiger partial charge in [-0.25, -0.2) is 13.2 Å². The molecule has 0 fully saturated rings. The van der Waals surface area contributed by atoms with E-state index in [1.165, 1.54) is 36.9 Å². The zero-order chi connectivity index (χ0) is 17.9. The molecule has 2 rings (SSSR count). The van der Waals surface area contributed by atoms with Gasteiger partial charge in [-0.15, -0.1) is 11.8 Å². The number of halogens is 4. The molecule has 0 saturated heterocycles. The molecular formula is C16H11ClF3NO2S. The van der Waals surface area contributed by atoms with Crippen molar-refractivity contribution in [1.29, 1.82) is 0 Å². The Morgan fingerprint density at radius 2 is 1.75 bits per heavy atom. The summed E-state index contributed by atoms with van der Waals surface area (Å²) in [5, 5.41) is 2.65. The lowest BCUT2D eigenvalue weighted by molar-refractivity contribution is -0.114. The van der Waals surface area contributed by atoms with Crippen LogP contribution in [-0.4, -0.2) is 17.4 Å². The van der Waals surface area contributed by atoms with E-state index in [1.54, 1.807) is 0 Å². The van der Waals surface area contributed by atoms with Gasteiger partial charge in [-0.2, -0.15) is 0 Å². The van der Waals surface area contributed by atoms with Gasteiger partial charge in [-0.05, 0) is 25.1 Å². The molecule has 1 N–H and O–H groups in total. The summed E-state index contributed by atoms with van der Waals surface area (Å²) in [6.07, 6.45) is 0. The Hall–Kier alpha value is -1.99. The largest absolute Gasteiger partial charge is 0.322 e. The Bertz CT molecular complexity index is 791. The number of carbonyl (C=O) groups excluding carboxylic acids is 2. The number of thioether (sulfide) groups is 1. The molecule has 8 heteroatoms. The summed E-state index contributed by atoms with van der Waals surface area (Å²) in [5.74, 6) is -4.93. The van der Waals surface area contributed by atoms with Crippen molar-refractivity contribution in [2.24, 2.45) is 0 Å². The molecule has 0 spiro atoms. The SMILES string of the molecule is CC(=O)CSc1cc(C(=O)Nc2cc(F)c(F)c(F)c2)ccc1Cl. The summed E-state index contributed by atoms with van der Waals surface area (Å²) in [6.45, 7) is 1.43. The van der Waals surface area contributed by atoms with E-state index in [1.807, 2.05) is 0 Å². The van der Waals surface area contributed by atoms with E-state index in [0.29, 0.717) is 22.1 Å². The number of carbonyl (C=O) groups is 2. The fourth-order valence-electron chi connectivity index (χ4n) is 1.77. The molecule has 24 heavy (non-hydrogen) atoms. The molecule has 0 aliphatic heterocycles. The zero-order valence-corrected chi connectivity index (χ0v) is 13.9. The molecule has 2 aromatic carbocycles. The summed E-state index contributed by atoms with van der Waals surface area (Å²) in [5.41, 5.74) is -0.0418. The van der Waals surface area contributed by atoms with E-state index in [9.17, 15) is 22.8 Å². The molecule has 0 aromatic heterocycles. The summed E-state index contributed by atoms with van der Waals surface area (Å²) in [7, 11) is 0. The maximum atomic E-state index is 13.2. The van der Waals surface area contributed by atoms with Crippen molar-refractivity contribution in [2.45, 2.75) is 11.8 Å². The van der Waals surface area contributed by atoms with Crippen molar-refractivity contribution < 1.29 is 22.8 Å². The number of nitrogens with one attached hydrogen (secondary N) is 1. The summed E-state index contributed by atoms with van der Waals surface area (Å²) in [6, 6.07) is 5.72. The number of Topliss-reactive ketones (excluding diaryl/α,β-unsaturated/α-hetero) is 1. The highest BCUT2D eigenvalue weighted by atomic mass is 35.5. The highest BCUT2D eigenvalue weighted by Gasteiger charge is 2.14. The van der Waals surface area contributed by atoms with Crippen LogP contribution in [0.1, 0.15) is 17.3 Å². The molecule has 0 aliphatic rings. The first-order chi connectivity index (χ1) is 11.3. The smallest absolute Gasteiger partial charge is 0.255 e. The number of hydrogen-bond acceptors (Lipinski definition) is 3. The molecule has 0 saturated carbocycles. The number of hydrogen-bond donors (Lipinski definition) is 1. The molecular weight excluding hydrogens is 363 g/mol. The van der Waals surface area contributed by atoms with E-state index in [-0.39, 0.29) is 22.8 Å². The van der Waals surface area contributed by atoms with Crippen LogP contribution in [0.15, 0.2) is 35.2 Å². The van der Waals surface area contributed by atoms with Gasteiger partial charge < -0.3 is 5.32 Å². The van der Waals surface area contributed by atoms with Crippen molar-refractivity contribution in [3.05, 3.63) is 58.4 Å². The summed E-state index contributed by atoms with van der Waals surface area (Å²) in [4.78, 5) is 23.7. The minimum Gasteiger partial charge on any atom is -0.322 e. The standard InChI is InChI=1S/C16H11ClF3NO2S/c1-8(22)7-24-14-4-9(2-3-11(14)17)16(23)21-10-5-12(18)15(20)13(19)6-10/h2-6H,7H2,1H3,(H,21,23). The van der Waals surface area contributed by atoms with Crippen LogP contribution in [0.3, 0.4) is 0 Å². The van der Waals surface area contributed by atoms with Crippen LogP contribution in [0.4, 0.5) is 18.9 Å². The Kier molecular flexibility index (Phi) is 5.90. The molecule has 0 aliphatic carbocycles. The molecule has 0 bridgehead atoms. The lowest BCUT2D eigenvalue weighted by Gasteiger charge is -2.09. The second-order valence-corrected chi connectivity index (χ2v) is 6.27. The van der Waals surface area contributed by atoms with Crippen LogP contribution in [0.5, 0.6) is 0 Å². The Balaban J connectivity index is 2.21. The van der Waals surface area contributed by atoms with Gasteiger partial charge in [0, 0.05) is 28.3 Å². The fourth-order valence-corrected chi connectivity index (χ4v) is 2.82. The number of rotatable bonds is 5. The third-order valence-electron chi connectivity index (χ3n) is 2.87. The van der Waals surface area contributed by atoms with E-state index in [0.717, 1.165) is 0 Å². The van der Waals surface area contributed by atoms with Crippen molar-refractivity contribution in [3.63, 3.8) is 0 Å².